The van der Waals surface area contributed by atoms with Crippen molar-refractivity contribution in [3.05, 3.63) is 28.5 Å². The number of carbonyl (C=O) groups excluding carboxylic acids is 1. The second-order valence-corrected chi connectivity index (χ2v) is 6.06. The lowest BCUT2D eigenvalue weighted by atomic mass is 10.1. The van der Waals surface area contributed by atoms with Gasteiger partial charge in [0.05, 0.1) is 0 Å². The van der Waals surface area contributed by atoms with E-state index < -0.39 is 0 Å². The molecule has 102 valence electrons. The van der Waals surface area contributed by atoms with Crippen molar-refractivity contribution in [2.75, 3.05) is 39.3 Å². The van der Waals surface area contributed by atoms with Crippen molar-refractivity contribution in [1.82, 2.24) is 15.1 Å². The van der Waals surface area contributed by atoms with Gasteiger partial charge in [-0.15, -0.1) is 11.3 Å². The lowest BCUT2D eigenvalue weighted by molar-refractivity contribution is -0.117. The summed E-state index contributed by atoms with van der Waals surface area (Å²) in [6.07, 6.45) is 3.50. The summed E-state index contributed by atoms with van der Waals surface area (Å²) < 4.78 is 0. The molecule has 3 aliphatic heterocycles. The van der Waals surface area contributed by atoms with Gasteiger partial charge in [0.15, 0.2) is 0 Å². The third-order valence-corrected chi connectivity index (χ3v) is 4.68. The van der Waals surface area contributed by atoms with Gasteiger partial charge < -0.3 is 5.32 Å². The molecule has 1 atom stereocenters. The van der Waals surface area contributed by atoms with E-state index in [2.05, 4.69) is 15.1 Å². The quantitative estimate of drug-likeness (QED) is 0.830. The smallest absolute Gasteiger partial charge is 0.244 e. The van der Waals surface area contributed by atoms with Crippen LogP contribution in [0.15, 0.2) is 23.6 Å². The van der Waals surface area contributed by atoms with Gasteiger partial charge in [0.1, 0.15) is 0 Å². The summed E-state index contributed by atoms with van der Waals surface area (Å²) in [4.78, 5) is 17.8. The molecule has 1 aromatic rings. The fourth-order valence-corrected chi connectivity index (χ4v) is 3.36. The van der Waals surface area contributed by atoms with Crippen LogP contribution in [0.5, 0.6) is 0 Å². The van der Waals surface area contributed by atoms with Gasteiger partial charge in [0.25, 0.3) is 0 Å². The number of amides is 1. The Kier molecular flexibility index (Phi) is 3.96. The van der Waals surface area contributed by atoms with E-state index in [0.29, 0.717) is 6.04 Å². The number of rotatable bonds is 4. The molecule has 4 rings (SSSR count). The molecule has 5 heteroatoms. The molecule has 3 aliphatic rings. The van der Waals surface area contributed by atoms with Crippen LogP contribution < -0.4 is 5.32 Å². The Morgan fingerprint density at radius 3 is 2.89 bits per heavy atom. The number of piperazine rings is 3. The number of nitrogens with zero attached hydrogens (tertiary/aromatic N) is 2. The van der Waals surface area contributed by atoms with Gasteiger partial charge in [-0.3, -0.25) is 14.6 Å². The van der Waals surface area contributed by atoms with E-state index in [0.717, 1.165) is 31.1 Å². The van der Waals surface area contributed by atoms with E-state index in [-0.39, 0.29) is 5.91 Å². The van der Waals surface area contributed by atoms with Crippen LogP contribution in [0.2, 0.25) is 0 Å². The van der Waals surface area contributed by atoms with Crippen LogP contribution >= 0.6 is 11.3 Å². The van der Waals surface area contributed by atoms with Crippen LogP contribution in [0.3, 0.4) is 0 Å². The summed E-state index contributed by atoms with van der Waals surface area (Å²) in [6.45, 7) is 6.50. The minimum absolute atomic E-state index is 0.00560. The normalized spacial score (nSPS) is 29.8. The van der Waals surface area contributed by atoms with Crippen LogP contribution in [0.25, 0.3) is 6.08 Å². The molecule has 4 nitrogen and oxygen atoms in total. The summed E-state index contributed by atoms with van der Waals surface area (Å²) in [5.74, 6) is 0.00560. The Morgan fingerprint density at radius 2 is 2.26 bits per heavy atom. The molecule has 4 heterocycles. The number of hydrogen-bond donors (Lipinski definition) is 1. The van der Waals surface area contributed by atoms with E-state index in [4.69, 9.17) is 0 Å². The Morgan fingerprint density at radius 1 is 1.42 bits per heavy atom. The number of thiophene rings is 1. The van der Waals surface area contributed by atoms with Gasteiger partial charge in [-0.25, -0.2) is 0 Å². The molecule has 3 saturated heterocycles. The summed E-state index contributed by atoms with van der Waals surface area (Å²) in [6, 6.07) is 4.48. The van der Waals surface area contributed by atoms with Gasteiger partial charge in [0, 0.05) is 56.3 Å². The van der Waals surface area contributed by atoms with Crippen molar-refractivity contribution in [2.45, 2.75) is 6.04 Å². The monoisotopic (exact) mass is 277 g/mol. The van der Waals surface area contributed by atoms with Crippen LogP contribution in [0.4, 0.5) is 0 Å². The van der Waals surface area contributed by atoms with Crippen molar-refractivity contribution < 1.29 is 4.79 Å². The minimum Gasteiger partial charge on any atom is -0.351 e. The van der Waals surface area contributed by atoms with Gasteiger partial charge in [-0.2, -0.15) is 0 Å². The lowest BCUT2D eigenvalue weighted by Gasteiger charge is -2.47. The maximum absolute atomic E-state index is 11.8. The van der Waals surface area contributed by atoms with Crippen LogP contribution in [-0.4, -0.2) is 61.0 Å². The number of nitrogens with one attached hydrogen (secondary N) is 1. The van der Waals surface area contributed by atoms with Crippen molar-refractivity contribution >= 4 is 23.3 Å². The standard InChI is InChI=1S/C14H19N3OS/c18-14(4-3-13-2-1-9-19-13)15-10-12-11-16-5-7-17(12)8-6-16/h1-4,9,12H,5-8,10-11H2,(H,15,18)/b4-3+. The number of hydrogen-bond acceptors (Lipinski definition) is 4. The zero-order valence-corrected chi connectivity index (χ0v) is 11.7. The van der Waals surface area contributed by atoms with Gasteiger partial charge in [-0.05, 0) is 17.5 Å². The fraction of sp³-hybridized carbons (Fsp3) is 0.500. The van der Waals surface area contributed by atoms with Gasteiger partial charge >= 0.3 is 0 Å². The van der Waals surface area contributed by atoms with Gasteiger partial charge in [-0.1, -0.05) is 6.07 Å². The first-order chi connectivity index (χ1) is 9.31. The summed E-state index contributed by atoms with van der Waals surface area (Å²) >= 11 is 1.64. The summed E-state index contributed by atoms with van der Waals surface area (Å²) in [5.41, 5.74) is 0. The highest BCUT2D eigenvalue weighted by atomic mass is 32.1. The molecular formula is C14H19N3OS. The van der Waals surface area contributed by atoms with Crippen molar-refractivity contribution in [2.24, 2.45) is 0 Å². The minimum atomic E-state index is 0.00560. The number of fused-ring (bicyclic) bond motifs is 3. The molecule has 19 heavy (non-hydrogen) atoms. The first kappa shape index (κ1) is 12.8. The Labute approximate surface area is 117 Å². The third kappa shape index (κ3) is 3.23. The van der Waals surface area contributed by atoms with Crippen molar-refractivity contribution in [1.29, 1.82) is 0 Å². The maximum Gasteiger partial charge on any atom is 0.244 e. The van der Waals surface area contributed by atoms with Crippen LogP contribution in [-0.2, 0) is 4.79 Å². The predicted molar refractivity (Wildman–Crippen MR) is 78.2 cm³/mol. The molecular weight excluding hydrogens is 258 g/mol. The van der Waals surface area contributed by atoms with E-state index in [1.165, 1.54) is 13.1 Å². The average Bonchev–Trinajstić information content (AvgIpc) is 2.97. The molecule has 1 aromatic heterocycles. The molecule has 0 aromatic carbocycles. The molecule has 0 spiro atoms. The zero-order valence-electron chi connectivity index (χ0n) is 10.9. The van der Waals surface area contributed by atoms with Gasteiger partial charge in [0.2, 0.25) is 5.91 Å². The van der Waals surface area contributed by atoms with E-state index >= 15 is 0 Å². The van der Waals surface area contributed by atoms with E-state index in [1.807, 2.05) is 23.6 Å². The molecule has 0 aliphatic carbocycles. The molecule has 2 bridgehead atoms. The zero-order chi connectivity index (χ0) is 13.1. The second kappa shape index (κ2) is 5.86. The molecule has 1 N–H and O–H groups in total. The first-order valence-electron chi connectivity index (χ1n) is 6.77. The Balaban J connectivity index is 1.46. The van der Waals surface area contributed by atoms with Crippen LogP contribution in [0, 0.1) is 0 Å². The summed E-state index contributed by atoms with van der Waals surface area (Å²) in [5, 5.41) is 5.02. The largest absolute Gasteiger partial charge is 0.351 e. The number of carbonyl (C=O) groups is 1. The predicted octanol–water partition coefficient (Wildman–Crippen LogP) is 0.877. The van der Waals surface area contributed by atoms with Crippen molar-refractivity contribution in [3.63, 3.8) is 0 Å². The molecule has 1 unspecified atom stereocenters. The Hall–Kier alpha value is -1.17. The van der Waals surface area contributed by atoms with Crippen LogP contribution in [0.1, 0.15) is 4.88 Å². The molecule has 1 amide bonds. The van der Waals surface area contributed by atoms with E-state index in [1.54, 1.807) is 17.4 Å². The first-order valence-corrected chi connectivity index (χ1v) is 7.65. The fourth-order valence-electron chi connectivity index (χ4n) is 2.74. The average molecular weight is 277 g/mol. The molecule has 0 saturated carbocycles. The lowest BCUT2D eigenvalue weighted by Crippen LogP contribution is -2.63. The van der Waals surface area contributed by atoms with E-state index in [9.17, 15) is 4.79 Å². The Bertz CT molecular complexity index is 449. The highest BCUT2D eigenvalue weighted by Crippen LogP contribution is 2.14. The second-order valence-electron chi connectivity index (χ2n) is 5.08. The molecule has 0 radical (unpaired) electrons. The highest BCUT2D eigenvalue weighted by molar-refractivity contribution is 7.10. The maximum atomic E-state index is 11.8. The van der Waals surface area contributed by atoms with Crippen molar-refractivity contribution in [3.8, 4) is 0 Å². The highest BCUT2D eigenvalue weighted by Gasteiger charge is 2.31. The SMILES string of the molecule is O=C(/C=C/c1cccs1)NCC1CN2CCN1CC2. The summed E-state index contributed by atoms with van der Waals surface area (Å²) in [7, 11) is 0. The topological polar surface area (TPSA) is 35.6 Å². The third-order valence-electron chi connectivity index (χ3n) is 3.85. The molecule has 3 fully saturated rings.